The molecule has 3 nitrogen and oxygen atoms in total. The number of hydrogen-bond acceptors (Lipinski definition) is 2. The summed E-state index contributed by atoms with van der Waals surface area (Å²) in [6, 6.07) is 11.8. The molecule has 0 atom stereocenters. The van der Waals surface area contributed by atoms with Crippen LogP contribution in [-0.4, -0.2) is 17.7 Å². The van der Waals surface area contributed by atoms with Gasteiger partial charge in [-0.2, -0.15) is 0 Å². The van der Waals surface area contributed by atoms with Gasteiger partial charge in [0.15, 0.2) is 0 Å². The van der Waals surface area contributed by atoms with Gasteiger partial charge in [-0.25, -0.2) is 4.79 Å². The molecular weight excluding hydrogens is 264 g/mol. The van der Waals surface area contributed by atoms with E-state index in [1.807, 2.05) is 39.0 Å². The first-order valence-electron chi connectivity index (χ1n) is 7.01. The topological polar surface area (TPSA) is 46.5 Å². The molecule has 110 valence electrons. The first-order valence-corrected chi connectivity index (χ1v) is 7.01. The Hall–Kier alpha value is -2.29. The Morgan fingerprint density at radius 2 is 1.76 bits per heavy atom. The second-order valence-electron chi connectivity index (χ2n) is 5.21. The van der Waals surface area contributed by atoms with Crippen molar-refractivity contribution in [2.45, 2.75) is 27.2 Å². The van der Waals surface area contributed by atoms with Crippen molar-refractivity contribution in [2.75, 3.05) is 6.61 Å². The van der Waals surface area contributed by atoms with Gasteiger partial charge < -0.3 is 9.84 Å². The van der Waals surface area contributed by atoms with Gasteiger partial charge in [0, 0.05) is 6.42 Å². The van der Waals surface area contributed by atoms with E-state index >= 15 is 0 Å². The summed E-state index contributed by atoms with van der Waals surface area (Å²) in [7, 11) is 0. The molecule has 0 aromatic heterocycles. The summed E-state index contributed by atoms with van der Waals surface area (Å²) in [5.41, 5.74) is 4.11. The zero-order chi connectivity index (χ0) is 15.4. The van der Waals surface area contributed by atoms with Gasteiger partial charge in [-0.1, -0.05) is 30.3 Å². The number of rotatable bonds is 5. The smallest absolute Gasteiger partial charge is 0.335 e. The maximum Gasteiger partial charge on any atom is 0.335 e. The molecule has 0 bridgehead atoms. The molecule has 0 amide bonds. The second-order valence-corrected chi connectivity index (χ2v) is 5.21. The lowest BCUT2D eigenvalue weighted by atomic mass is 9.98. The van der Waals surface area contributed by atoms with E-state index in [-0.39, 0.29) is 0 Å². The third kappa shape index (κ3) is 3.43. The van der Waals surface area contributed by atoms with Crippen LogP contribution in [0, 0.1) is 20.8 Å². The van der Waals surface area contributed by atoms with Gasteiger partial charge in [0.25, 0.3) is 0 Å². The molecule has 1 N–H and O–H groups in total. The molecule has 0 saturated heterocycles. The highest BCUT2D eigenvalue weighted by atomic mass is 16.5. The van der Waals surface area contributed by atoms with Crippen LogP contribution in [0.15, 0.2) is 36.4 Å². The molecule has 0 radical (unpaired) electrons. The van der Waals surface area contributed by atoms with Crippen molar-refractivity contribution >= 4 is 5.97 Å². The van der Waals surface area contributed by atoms with Gasteiger partial charge in [0.2, 0.25) is 0 Å². The average Bonchev–Trinajstić information content (AvgIpc) is 2.47. The summed E-state index contributed by atoms with van der Waals surface area (Å²) < 4.78 is 5.89. The summed E-state index contributed by atoms with van der Waals surface area (Å²) in [4.78, 5) is 11.2. The normalized spacial score (nSPS) is 10.4. The summed E-state index contributed by atoms with van der Waals surface area (Å²) in [5.74, 6) is -0.0945. The highest BCUT2D eigenvalue weighted by Gasteiger charge is 2.15. The largest absolute Gasteiger partial charge is 0.493 e. The van der Waals surface area contributed by atoms with Gasteiger partial charge >= 0.3 is 5.97 Å². The molecule has 0 heterocycles. The van der Waals surface area contributed by atoms with E-state index in [4.69, 9.17) is 4.74 Å². The van der Waals surface area contributed by atoms with E-state index in [9.17, 15) is 9.90 Å². The van der Waals surface area contributed by atoms with Crippen LogP contribution in [0.5, 0.6) is 5.75 Å². The average molecular weight is 284 g/mol. The summed E-state index contributed by atoms with van der Waals surface area (Å²) in [6.45, 7) is 6.20. The van der Waals surface area contributed by atoms with E-state index in [2.05, 4.69) is 12.1 Å². The second kappa shape index (κ2) is 6.44. The van der Waals surface area contributed by atoms with Crippen molar-refractivity contribution in [3.8, 4) is 5.75 Å². The van der Waals surface area contributed by atoms with Gasteiger partial charge in [-0.15, -0.1) is 0 Å². The summed E-state index contributed by atoms with van der Waals surface area (Å²) in [6.07, 6.45) is 0.833. The lowest BCUT2D eigenvalue weighted by Gasteiger charge is -2.16. The molecule has 0 saturated carbocycles. The Morgan fingerprint density at radius 1 is 1.10 bits per heavy atom. The first kappa shape index (κ1) is 15.1. The maximum absolute atomic E-state index is 11.2. The standard InChI is InChI=1S/C18H20O3/c1-12-11-16(18(19)20)13(2)14(3)17(12)21-10-9-15-7-5-4-6-8-15/h4-8,11H,9-10H2,1-3H3,(H,19,20). The van der Waals surface area contributed by atoms with Crippen molar-refractivity contribution in [3.05, 3.63) is 64.2 Å². The fraction of sp³-hybridized carbons (Fsp3) is 0.278. The van der Waals surface area contributed by atoms with Crippen molar-refractivity contribution in [1.82, 2.24) is 0 Å². The Kier molecular flexibility index (Phi) is 4.63. The molecule has 21 heavy (non-hydrogen) atoms. The minimum atomic E-state index is -0.894. The van der Waals surface area contributed by atoms with Gasteiger partial charge in [-0.3, -0.25) is 0 Å². The number of carbonyl (C=O) groups is 1. The van der Waals surface area contributed by atoms with Gasteiger partial charge in [0.1, 0.15) is 5.75 Å². The summed E-state index contributed by atoms with van der Waals surface area (Å²) in [5, 5.41) is 9.19. The number of ether oxygens (including phenoxy) is 1. The molecule has 3 heteroatoms. The fourth-order valence-electron chi connectivity index (χ4n) is 2.42. The van der Waals surface area contributed by atoms with Crippen LogP contribution in [0.4, 0.5) is 0 Å². The fourth-order valence-corrected chi connectivity index (χ4v) is 2.42. The Balaban J connectivity index is 2.14. The quantitative estimate of drug-likeness (QED) is 0.904. The lowest BCUT2D eigenvalue weighted by molar-refractivity contribution is 0.0696. The van der Waals surface area contributed by atoms with Crippen molar-refractivity contribution in [2.24, 2.45) is 0 Å². The van der Waals surface area contributed by atoms with Crippen LogP contribution < -0.4 is 4.74 Å². The SMILES string of the molecule is Cc1cc(C(=O)O)c(C)c(C)c1OCCc1ccccc1. The molecule has 0 unspecified atom stereocenters. The number of hydrogen-bond donors (Lipinski definition) is 1. The number of carboxylic acid groups (broad SMARTS) is 1. The van der Waals surface area contributed by atoms with Crippen LogP contribution in [0.1, 0.15) is 32.6 Å². The van der Waals surface area contributed by atoms with Crippen molar-refractivity contribution in [1.29, 1.82) is 0 Å². The molecular formula is C18H20O3. The van der Waals surface area contributed by atoms with E-state index in [0.717, 1.165) is 28.9 Å². The molecule has 0 aliphatic rings. The monoisotopic (exact) mass is 284 g/mol. The minimum Gasteiger partial charge on any atom is -0.493 e. The third-order valence-corrected chi connectivity index (χ3v) is 3.74. The molecule has 0 aliphatic carbocycles. The Morgan fingerprint density at radius 3 is 2.38 bits per heavy atom. The van der Waals surface area contributed by atoms with Crippen molar-refractivity contribution < 1.29 is 14.6 Å². The number of aromatic carboxylic acids is 1. The van der Waals surface area contributed by atoms with E-state index in [0.29, 0.717) is 12.2 Å². The van der Waals surface area contributed by atoms with E-state index in [1.165, 1.54) is 5.56 Å². The Bertz CT molecular complexity index is 645. The van der Waals surface area contributed by atoms with E-state index in [1.54, 1.807) is 6.07 Å². The Labute approximate surface area is 125 Å². The van der Waals surface area contributed by atoms with Crippen LogP contribution in [0.3, 0.4) is 0 Å². The number of benzene rings is 2. The maximum atomic E-state index is 11.2. The van der Waals surface area contributed by atoms with E-state index < -0.39 is 5.97 Å². The first-order chi connectivity index (χ1) is 10.0. The van der Waals surface area contributed by atoms with Crippen LogP contribution in [-0.2, 0) is 6.42 Å². The molecule has 0 fully saturated rings. The molecule has 2 aromatic carbocycles. The predicted molar refractivity (Wildman–Crippen MR) is 83.3 cm³/mol. The van der Waals surface area contributed by atoms with Crippen molar-refractivity contribution in [3.63, 3.8) is 0 Å². The number of aryl methyl sites for hydroxylation is 1. The third-order valence-electron chi connectivity index (χ3n) is 3.74. The molecule has 2 aromatic rings. The zero-order valence-electron chi connectivity index (χ0n) is 12.6. The summed E-state index contributed by atoms with van der Waals surface area (Å²) >= 11 is 0. The van der Waals surface area contributed by atoms with Crippen LogP contribution in [0.2, 0.25) is 0 Å². The molecule has 2 rings (SSSR count). The zero-order valence-corrected chi connectivity index (χ0v) is 12.6. The van der Waals surface area contributed by atoms with Crippen LogP contribution >= 0.6 is 0 Å². The van der Waals surface area contributed by atoms with Gasteiger partial charge in [0.05, 0.1) is 12.2 Å². The highest BCUT2D eigenvalue weighted by Crippen LogP contribution is 2.29. The highest BCUT2D eigenvalue weighted by molar-refractivity contribution is 5.90. The predicted octanol–water partition coefficient (Wildman–Crippen LogP) is 3.93. The minimum absolute atomic E-state index is 0.348. The number of carboxylic acids is 1. The lowest BCUT2D eigenvalue weighted by Crippen LogP contribution is -2.08. The molecule has 0 spiro atoms. The molecule has 0 aliphatic heterocycles. The van der Waals surface area contributed by atoms with Crippen LogP contribution in [0.25, 0.3) is 0 Å². The van der Waals surface area contributed by atoms with Gasteiger partial charge in [-0.05, 0) is 49.1 Å².